The zero-order valence-electron chi connectivity index (χ0n) is 9.04. The number of rotatable bonds is 5. The van der Waals surface area contributed by atoms with Gasteiger partial charge < -0.3 is 10.6 Å². The molecule has 2 N–H and O–H groups in total. The van der Waals surface area contributed by atoms with Gasteiger partial charge in [0, 0.05) is 5.56 Å². The van der Waals surface area contributed by atoms with Gasteiger partial charge in [0.05, 0.1) is 15.8 Å². The molecule has 1 aromatic carbocycles. The van der Waals surface area contributed by atoms with E-state index in [1.54, 1.807) is 25.1 Å². The van der Waals surface area contributed by atoms with Gasteiger partial charge in [0.15, 0.2) is 0 Å². The summed E-state index contributed by atoms with van der Waals surface area (Å²) in [5.74, 6) is 0. The highest BCUT2D eigenvalue weighted by molar-refractivity contribution is 6.40. The van der Waals surface area contributed by atoms with Crippen LogP contribution in [-0.4, -0.2) is 18.9 Å². The van der Waals surface area contributed by atoms with Crippen molar-refractivity contribution in [3.63, 3.8) is 0 Å². The van der Waals surface area contributed by atoms with Crippen LogP contribution >= 0.6 is 23.2 Å². The summed E-state index contributed by atoms with van der Waals surface area (Å²) >= 11 is 12.0. The molecule has 1 aromatic rings. The summed E-state index contributed by atoms with van der Waals surface area (Å²) < 4.78 is 0. The second-order valence-corrected chi connectivity index (χ2v) is 4.06. The minimum atomic E-state index is 0.496. The monoisotopic (exact) mass is 260 g/mol. The van der Waals surface area contributed by atoms with Crippen LogP contribution in [0.5, 0.6) is 0 Å². The minimum absolute atomic E-state index is 0.496. The van der Waals surface area contributed by atoms with E-state index < -0.39 is 0 Å². The van der Waals surface area contributed by atoms with Crippen molar-refractivity contribution in [1.82, 2.24) is 0 Å². The standard InChI is InChI=1S/C11H14Cl2N2O/c1-8(15-16-7-3-6-14)11-9(12)4-2-5-10(11)13/h2,4-5H,3,6-7,14H2,1H3. The Bertz CT molecular complexity index is 360. The maximum atomic E-state index is 6.02. The highest BCUT2D eigenvalue weighted by Gasteiger charge is 2.08. The van der Waals surface area contributed by atoms with Crippen LogP contribution in [0.15, 0.2) is 23.4 Å². The molecule has 0 saturated carbocycles. The lowest BCUT2D eigenvalue weighted by molar-refractivity contribution is 0.143. The molecule has 0 aromatic heterocycles. The Morgan fingerprint density at radius 2 is 2.00 bits per heavy atom. The van der Waals surface area contributed by atoms with Crippen molar-refractivity contribution in [2.24, 2.45) is 10.9 Å². The largest absolute Gasteiger partial charge is 0.396 e. The Morgan fingerprint density at radius 3 is 2.56 bits per heavy atom. The smallest absolute Gasteiger partial charge is 0.118 e. The number of hydrogen-bond donors (Lipinski definition) is 1. The van der Waals surface area contributed by atoms with Crippen LogP contribution in [0.1, 0.15) is 18.9 Å². The second kappa shape index (κ2) is 6.74. The van der Waals surface area contributed by atoms with E-state index in [1.807, 2.05) is 0 Å². The molecule has 0 heterocycles. The van der Waals surface area contributed by atoms with E-state index in [1.165, 1.54) is 0 Å². The maximum absolute atomic E-state index is 6.02. The molecule has 0 unspecified atom stereocenters. The van der Waals surface area contributed by atoms with E-state index in [9.17, 15) is 0 Å². The fourth-order valence-corrected chi connectivity index (χ4v) is 1.85. The van der Waals surface area contributed by atoms with E-state index in [4.69, 9.17) is 33.8 Å². The van der Waals surface area contributed by atoms with Gasteiger partial charge in [-0.25, -0.2) is 0 Å². The Labute approximate surface area is 105 Å². The summed E-state index contributed by atoms with van der Waals surface area (Å²) in [5.41, 5.74) is 6.70. The quantitative estimate of drug-likeness (QED) is 0.503. The van der Waals surface area contributed by atoms with E-state index in [0.717, 1.165) is 6.42 Å². The van der Waals surface area contributed by atoms with Gasteiger partial charge in [0.25, 0.3) is 0 Å². The molecule has 1 rings (SSSR count). The molecule has 3 nitrogen and oxygen atoms in total. The van der Waals surface area contributed by atoms with Crippen molar-refractivity contribution < 1.29 is 4.84 Å². The Hall–Kier alpha value is -0.770. The predicted octanol–water partition coefficient (Wildman–Crippen LogP) is 3.08. The molecule has 16 heavy (non-hydrogen) atoms. The van der Waals surface area contributed by atoms with Crippen LogP contribution in [-0.2, 0) is 4.84 Å². The van der Waals surface area contributed by atoms with Crippen LogP contribution in [0.4, 0.5) is 0 Å². The Morgan fingerprint density at radius 1 is 1.38 bits per heavy atom. The molecule has 0 aliphatic heterocycles. The zero-order valence-corrected chi connectivity index (χ0v) is 10.6. The van der Waals surface area contributed by atoms with Gasteiger partial charge in [-0.1, -0.05) is 34.4 Å². The normalized spacial score (nSPS) is 11.6. The molecule has 0 aliphatic rings. The third kappa shape index (κ3) is 3.67. The lowest BCUT2D eigenvalue weighted by atomic mass is 10.1. The van der Waals surface area contributed by atoms with Gasteiger partial charge in [-0.2, -0.15) is 0 Å². The summed E-state index contributed by atoms with van der Waals surface area (Å²) in [6.07, 6.45) is 0.771. The summed E-state index contributed by atoms with van der Waals surface area (Å²) in [6.45, 7) is 2.88. The average Bonchev–Trinajstić information content (AvgIpc) is 2.24. The van der Waals surface area contributed by atoms with Gasteiger partial charge in [-0.15, -0.1) is 0 Å². The number of hydrogen-bond acceptors (Lipinski definition) is 3. The van der Waals surface area contributed by atoms with E-state index in [0.29, 0.717) is 34.5 Å². The van der Waals surface area contributed by atoms with Crippen molar-refractivity contribution >= 4 is 28.9 Å². The van der Waals surface area contributed by atoms with E-state index in [-0.39, 0.29) is 0 Å². The van der Waals surface area contributed by atoms with Crippen molar-refractivity contribution in [2.45, 2.75) is 13.3 Å². The van der Waals surface area contributed by atoms with Gasteiger partial charge in [0.2, 0.25) is 0 Å². The van der Waals surface area contributed by atoms with Crippen molar-refractivity contribution in [1.29, 1.82) is 0 Å². The van der Waals surface area contributed by atoms with Crippen molar-refractivity contribution in [2.75, 3.05) is 13.2 Å². The fourth-order valence-electron chi connectivity index (χ4n) is 1.18. The summed E-state index contributed by atoms with van der Waals surface area (Å²) in [4.78, 5) is 5.09. The van der Waals surface area contributed by atoms with Gasteiger partial charge in [-0.3, -0.25) is 0 Å². The third-order valence-electron chi connectivity index (χ3n) is 1.97. The summed E-state index contributed by atoms with van der Waals surface area (Å²) in [6, 6.07) is 5.32. The lowest BCUT2D eigenvalue weighted by Crippen LogP contribution is -2.04. The molecule has 0 saturated heterocycles. The molecular weight excluding hydrogens is 247 g/mol. The fraction of sp³-hybridized carbons (Fsp3) is 0.364. The van der Waals surface area contributed by atoms with E-state index >= 15 is 0 Å². The van der Waals surface area contributed by atoms with E-state index in [2.05, 4.69) is 5.16 Å². The maximum Gasteiger partial charge on any atom is 0.118 e. The third-order valence-corrected chi connectivity index (χ3v) is 2.60. The van der Waals surface area contributed by atoms with Crippen LogP contribution in [0.3, 0.4) is 0 Å². The minimum Gasteiger partial charge on any atom is -0.396 e. The average molecular weight is 261 g/mol. The van der Waals surface area contributed by atoms with Gasteiger partial charge in [-0.05, 0) is 32.0 Å². The highest BCUT2D eigenvalue weighted by Crippen LogP contribution is 2.24. The topological polar surface area (TPSA) is 47.6 Å². The summed E-state index contributed by atoms with van der Waals surface area (Å²) in [7, 11) is 0. The lowest BCUT2D eigenvalue weighted by Gasteiger charge is -2.06. The Balaban J connectivity index is 2.75. The molecule has 5 heteroatoms. The highest BCUT2D eigenvalue weighted by atomic mass is 35.5. The number of nitrogens with zero attached hydrogens (tertiary/aromatic N) is 1. The number of nitrogens with two attached hydrogens (primary N) is 1. The molecular formula is C11H14Cl2N2O. The number of halogens is 2. The predicted molar refractivity (Wildman–Crippen MR) is 68.3 cm³/mol. The first-order valence-electron chi connectivity index (χ1n) is 4.98. The first kappa shape index (κ1) is 13.3. The van der Waals surface area contributed by atoms with Crippen LogP contribution in [0.25, 0.3) is 0 Å². The molecule has 88 valence electrons. The second-order valence-electron chi connectivity index (χ2n) is 3.25. The van der Waals surface area contributed by atoms with Gasteiger partial charge in [0.1, 0.15) is 6.61 Å². The Kier molecular flexibility index (Phi) is 5.60. The summed E-state index contributed by atoms with van der Waals surface area (Å²) in [5, 5.41) is 5.08. The van der Waals surface area contributed by atoms with Gasteiger partial charge >= 0.3 is 0 Å². The number of benzene rings is 1. The molecule has 0 spiro atoms. The van der Waals surface area contributed by atoms with Crippen molar-refractivity contribution in [3.05, 3.63) is 33.8 Å². The molecule has 0 radical (unpaired) electrons. The first-order valence-corrected chi connectivity index (χ1v) is 5.73. The zero-order chi connectivity index (χ0) is 12.0. The molecule has 0 bridgehead atoms. The van der Waals surface area contributed by atoms with Crippen LogP contribution < -0.4 is 5.73 Å². The number of oxime groups is 1. The molecule has 0 fully saturated rings. The molecule has 0 atom stereocenters. The molecule has 0 amide bonds. The molecule has 0 aliphatic carbocycles. The van der Waals surface area contributed by atoms with Crippen LogP contribution in [0, 0.1) is 0 Å². The first-order chi connectivity index (χ1) is 7.66. The SMILES string of the molecule is CC(=NOCCCN)c1c(Cl)cccc1Cl. The van der Waals surface area contributed by atoms with Crippen LogP contribution in [0.2, 0.25) is 10.0 Å². The van der Waals surface area contributed by atoms with Crippen molar-refractivity contribution in [3.8, 4) is 0 Å².